The Morgan fingerprint density at radius 3 is 2.89 bits per heavy atom. The van der Waals surface area contributed by atoms with E-state index in [0.717, 1.165) is 0 Å². The lowest BCUT2D eigenvalue weighted by atomic mass is 10.5. The van der Waals surface area contributed by atoms with Gasteiger partial charge in [0.1, 0.15) is 10.7 Å². The van der Waals surface area contributed by atoms with E-state index in [4.69, 9.17) is 5.11 Å². The van der Waals surface area contributed by atoms with E-state index >= 15 is 0 Å². The molecule has 0 spiro atoms. The van der Waals surface area contributed by atoms with Crippen molar-refractivity contribution < 1.29 is 13.5 Å². The van der Waals surface area contributed by atoms with Crippen LogP contribution in [0.5, 0.6) is 0 Å². The molecular weight excluding hydrogens is 256 g/mol. The highest BCUT2D eigenvalue weighted by molar-refractivity contribution is 7.92. The molecule has 0 fully saturated rings. The Kier molecular flexibility index (Phi) is 3.58. The molecule has 0 amide bonds. The Labute approximate surface area is 104 Å². The quantitative estimate of drug-likeness (QED) is 0.800. The molecule has 8 heteroatoms. The number of anilines is 1. The molecule has 0 saturated heterocycles. The summed E-state index contributed by atoms with van der Waals surface area (Å²) in [5.74, 6) is 0.243. The average Bonchev–Trinajstić information content (AvgIpc) is 2.80. The molecule has 96 valence electrons. The summed E-state index contributed by atoms with van der Waals surface area (Å²) in [7, 11) is -3.69. The normalized spacial score (nSPS) is 11.4. The second-order valence-corrected chi connectivity index (χ2v) is 5.17. The largest absolute Gasteiger partial charge is 0.394 e. The summed E-state index contributed by atoms with van der Waals surface area (Å²) in [6.07, 6.45) is 4.06. The van der Waals surface area contributed by atoms with E-state index in [1.165, 1.54) is 23.3 Å². The van der Waals surface area contributed by atoms with Crippen LogP contribution in [0, 0.1) is 0 Å². The van der Waals surface area contributed by atoms with E-state index in [2.05, 4.69) is 14.8 Å². The number of sulfonamides is 1. The molecule has 0 unspecified atom stereocenters. The summed E-state index contributed by atoms with van der Waals surface area (Å²) in [6, 6.07) is 4.92. The van der Waals surface area contributed by atoms with Gasteiger partial charge in [-0.3, -0.25) is 9.40 Å². The van der Waals surface area contributed by atoms with Crippen molar-refractivity contribution in [2.45, 2.75) is 11.4 Å². The Morgan fingerprint density at radius 2 is 2.22 bits per heavy atom. The van der Waals surface area contributed by atoms with Crippen LogP contribution in [0.1, 0.15) is 0 Å². The van der Waals surface area contributed by atoms with Gasteiger partial charge in [-0.15, -0.1) is 0 Å². The smallest absolute Gasteiger partial charge is 0.266 e. The topological polar surface area (TPSA) is 97.1 Å². The number of hydrogen-bond acceptors (Lipinski definition) is 5. The summed E-state index contributed by atoms with van der Waals surface area (Å²) >= 11 is 0. The highest BCUT2D eigenvalue weighted by Gasteiger charge is 2.16. The van der Waals surface area contributed by atoms with Crippen molar-refractivity contribution in [1.82, 2.24) is 14.8 Å². The van der Waals surface area contributed by atoms with Gasteiger partial charge in [0.15, 0.2) is 0 Å². The molecule has 18 heavy (non-hydrogen) atoms. The van der Waals surface area contributed by atoms with E-state index in [-0.39, 0.29) is 23.9 Å². The SMILES string of the molecule is O=S(=O)(Nc1ccccn1)c1cnn(CCO)c1. The summed E-state index contributed by atoms with van der Waals surface area (Å²) < 4.78 is 27.6. The van der Waals surface area contributed by atoms with Crippen molar-refractivity contribution in [3.63, 3.8) is 0 Å². The van der Waals surface area contributed by atoms with Gasteiger partial charge in [-0.05, 0) is 12.1 Å². The van der Waals surface area contributed by atoms with Crippen molar-refractivity contribution in [3.8, 4) is 0 Å². The van der Waals surface area contributed by atoms with Gasteiger partial charge in [-0.2, -0.15) is 5.10 Å². The average molecular weight is 268 g/mol. The van der Waals surface area contributed by atoms with Crippen LogP contribution >= 0.6 is 0 Å². The number of hydrogen-bond donors (Lipinski definition) is 2. The maximum atomic E-state index is 12.0. The van der Waals surface area contributed by atoms with E-state index in [9.17, 15) is 8.42 Å². The van der Waals surface area contributed by atoms with Gasteiger partial charge < -0.3 is 5.11 Å². The van der Waals surface area contributed by atoms with Crippen LogP contribution in [0.3, 0.4) is 0 Å². The van der Waals surface area contributed by atoms with Crippen LogP contribution < -0.4 is 4.72 Å². The molecule has 2 aromatic heterocycles. The first-order chi connectivity index (χ1) is 8.62. The molecule has 0 radical (unpaired) electrons. The highest BCUT2D eigenvalue weighted by Crippen LogP contribution is 2.12. The van der Waals surface area contributed by atoms with Crippen molar-refractivity contribution in [1.29, 1.82) is 0 Å². The standard InChI is InChI=1S/C10H12N4O3S/c15-6-5-14-8-9(7-12-14)18(16,17)13-10-3-1-2-4-11-10/h1-4,7-8,15H,5-6H2,(H,11,13). The number of pyridine rings is 1. The Hall–Kier alpha value is -1.93. The first-order valence-electron chi connectivity index (χ1n) is 5.19. The molecule has 0 aliphatic rings. The fourth-order valence-electron chi connectivity index (χ4n) is 1.33. The fourth-order valence-corrected chi connectivity index (χ4v) is 2.29. The zero-order chi connectivity index (χ0) is 13.0. The third kappa shape index (κ3) is 2.84. The van der Waals surface area contributed by atoms with E-state index in [1.54, 1.807) is 18.2 Å². The van der Waals surface area contributed by atoms with Crippen LogP contribution in [0.25, 0.3) is 0 Å². The molecule has 0 aliphatic carbocycles. The second-order valence-electron chi connectivity index (χ2n) is 3.48. The molecule has 0 saturated carbocycles. The molecule has 2 rings (SSSR count). The fraction of sp³-hybridized carbons (Fsp3) is 0.200. The number of nitrogens with zero attached hydrogens (tertiary/aromatic N) is 3. The van der Waals surface area contributed by atoms with Crippen molar-refractivity contribution >= 4 is 15.8 Å². The maximum Gasteiger partial charge on any atom is 0.266 e. The summed E-state index contributed by atoms with van der Waals surface area (Å²) in [5, 5.41) is 12.6. The van der Waals surface area contributed by atoms with Gasteiger partial charge in [0.25, 0.3) is 10.0 Å². The summed E-state index contributed by atoms with van der Waals surface area (Å²) in [6.45, 7) is 0.147. The van der Waals surface area contributed by atoms with E-state index in [1.807, 2.05) is 0 Å². The molecule has 0 aromatic carbocycles. The maximum absolute atomic E-state index is 12.0. The van der Waals surface area contributed by atoms with Gasteiger partial charge in [0.2, 0.25) is 0 Å². The molecule has 7 nitrogen and oxygen atoms in total. The van der Waals surface area contributed by atoms with Crippen LogP contribution in [0.15, 0.2) is 41.7 Å². The van der Waals surface area contributed by atoms with Gasteiger partial charge in [-0.25, -0.2) is 13.4 Å². The van der Waals surface area contributed by atoms with Gasteiger partial charge in [0.05, 0.1) is 19.3 Å². The molecule has 0 bridgehead atoms. The van der Waals surface area contributed by atoms with Crippen LogP contribution in [0.2, 0.25) is 0 Å². The predicted octanol–water partition coefficient (Wildman–Crippen LogP) is 0.0712. The van der Waals surface area contributed by atoms with E-state index < -0.39 is 10.0 Å². The third-order valence-corrected chi connectivity index (χ3v) is 3.46. The predicted molar refractivity (Wildman–Crippen MR) is 64.4 cm³/mol. The second kappa shape index (κ2) is 5.15. The van der Waals surface area contributed by atoms with Crippen LogP contribution in [-0.4, -0.2) is 34.9 Å². The Bertz CT molecular complexity index is 609. The van der Waals surface area contributed by atoms with Crippen LogP contribution in [0.4, 0.5) is 5.82 Å². The van der Waals surface area contributed by atoms with Crippen molar-refractivity contribution in [2.75, 3.05) is 11.3 Å². The van der Waals surface area contributed by atoms with Gasteiger partial charge in [0, 0.05) is 12.4 Å². The molecule has 0 aliphatic heterocycles. The zero-order valence-corrected chi connectivity index (χ0v) is 10.2. The number of aliphatic hydroxyl groups excluding tert-OH is 1. The number of nitrogens with one attached hydrogen (secondary N) is 1. The van der Waals surface area contributed by atoms with Crippen LogP contribution in [-0.2, 0) is 16.6 Å². The number of aromatic nitrogens is 3. The first kappa shape index (κ1) is 12.5. The van der Waals surface area contributed by atoms with Crippen molar-refractivity contribution in [2.24, 2.45) is 0 Å². The molecule has 0 atom stereocenters. The minimum atomic E-state index is -3.69. The van der Waals surface area contributed by atoms with E-state index in [0.29, 0.717) is 0 Å². The molecular formula is C10H12N4O3S. The number of rotatable bonds is 5. The highest BCUT2D eigenvalue weighted by atomic mass is 32.2. The molecule has 2 heterocycles. The molecule has 2 N–H and O–H groups in total. The lowest BCUT2D eigenvalue weighted by Crippen LogP contribution is -2.13. The number of aliphatic hydroxyl groups is 1. The summed E-state index contributed by atoms with van der Waals surface area (Å²) in [5.41, 5.74) is 0. The monoisotopic (exact) mass is 268 g/mol. The minimum Gasteiger partial charge on any atom is -0.394 e. The van der Waals surface area contributed by atoms with Gasteiger partial charge >= 0.3 is 0 Å². The molecule has 2 aromatic rings. The zero-order valence-electron chi connectivity index (χ0n) is 9.39. The Balaban J connectivity index is 2.20. The lowest BCUT2D eigenvalue weighted by molar-refractivity contribution is 0.269. The van der Waals surface area contributed by atoms with Crippen molar-refractivity contribution in [3.05, 3.63) is 36.8 Å². The third-order valence-electron chi connectivity index (χ3n) is 2.15. The van der Waals surface area contributed by atoms with Gasteiger partial charge in [-0.1, -0.05) is 6.07 Å². The minimum absolute atomic E-state index is 0.0293. The summed E-state index contributed by atoms with van der Waals surface area (Å²) in [4.78, 5) is 3.90. The lowest BCUT2D eigenvalue weighted by Gasteiger charge is -2.04. The Morgan fingerprint density at radius 1 is 1.39 bits per heavy atom. The first-order valence-corrected chi connectivity index (χ1v) is 6.67.